The van der Waals surface area contributed by atoms with Crippen molar-refractivity contribution in [1.29, 1.82) is 0 Å². The Morgan fingerprint density at radius 3 is 2.83 bits per heavy atom. The van der Waals surface area contributed by atoms with Crippen LogP contribution in [0.25, 0.3) is 0 Å². The molecule has 6 nitrogen and oxygen atoms in total. The number of hydrogen-bond donors (Lipinski definition) is 2. The molecule has 1 saturated heterocycles. The number of nitrogens with zero attached hydrogens (tertiary/aromatic N) is 2. The van der Waals surface area contributed by atoms with Crippen LogP contribution >= 0.6 is 0 Å². The number of hydrogen-bond acceptors (Lipinski definition) is 4. The van der Waals surface area contributed by atoms with Gasteiger partial charge in [-0.05, 0) is 32.9 Å². The zero-order valence-corrected chi connectivity index (χ0v) is 10.8. The predicted molar refractivity (Wildman–Crippen MR) is 68.1 cm³/mol. The highest BCUT2D eigenvalue weighted by Gasteiger charge is 2.24. The molecule has 1 aliphatic heterocycles. The maximum atomic E-state index is 11.8. The molecule has 0 bridgehead atoms. The molecule has 0 aromatic carbocycles. The summed E-state index contributed by atoms with van der Waals surface area (Å²) in [7, 11) is 0. The number of aromatic hydroxyl groups is 1. The van der Waals surface area contributed by atoms with Gasteiger partial charge in [0.25, 0.3) is 5.56 Å². The average Bonchev–Trinajstić information content (AvgIpc) is 2.36. The van der Waals surface area contributed by atoms with Crippen LogP contribution in [0.2, 0.25) is 0 Å². The van der Waals surface area contributed by atoms with Crippen LogP contribution < -0.4 is 11.2 Å². The molecule has 18 heavy (non-hydrogen) atoms. The van der Waals surface area contributed by atoms with Crippen molar-refractivity contribution in [3.05, 3.63) is 26.4 Å². The number of aromatic nitrogens is 2. The van der Waals surface area contributed by atoms with Gasteiger partial charge >= 0.3 is 5.69 Å². The maximum Gasteiger partial charge on any atom is 0.331 e. The van der Waals surface area contributed by atoms with Gasteiger partial charge in [0.2, 0.25) is 5.88 Å². The van der Waals surface area contributed by atoms with Gasteiger partial charge < -0.3 is 10.0 Å². The largest absolute Gasteiger partial charge is 0.494 e. The molecule has 0 radical (unpaired) electrons. The molecular weight excluding hydrogens is 234 g/mol. The van der Waals surface area contributed by atoms with E-state index < -0.39 is 11.2 Å². The highest BCUT2D eigenvalue weighted by Crippen LogP contribution is 2.24. The van der Waals surface area contributed by atoms with Gasteiger partial charge in [-0.2, -0.15) is 0 Å². The third-order valence-corrected chi connectivity index (χ3v) is 3.64. The molecular formula is C12H19N3O3. The number of nitrogens with one attached hydrogen (secondary N) is 1. The first-order valence-corrected chi connectivity index (χ1v) is 6.31. The summed E-state index contributed by atoms with van der Waals surface area (Å²) < 4.78 is 1.32. The first-order chi connectivity index (χ1) is 8.54. The minimum absolute atomic E-state index is 0.0678. The topological polar surface area (TPSA) is 78.3 Å². The van der Waals surface area contributed by atoms with Crippen molar-refractivity contribution in [2.45, 2.75) is 32.7 Å². The molecule has 0 spiro atoms. The fourth-order valence-corrected chi connectivity index (χ4v) is 2.50. The van der Waals surface area contributed by atoms with Crippen LogP contribution in [0.4, 0.5) is 0 Å². The summed E-state index contributed by atoms with van der Waals surface area (Å²) in [5, 5.41) is 9.99. The van der Waals surface area contributed by atoms with Gasteiger partial charge in [0.15, 0.2) is 0 Å². The van der Waals surface area contributed by atoms with Crippen molar-refractivity contribution >= 4 is 0 Å². The van der Waals surface area contributed by atoms with Crippen LogP contribution in [0.3, 0.4) is 0 Å². The number of aromatic amines is 1. The maximum absolute atomic E-state index is 11.8. The summed E-state index contributed by atoms with van der Waals surface area (Å²) in [5.41, 5.74) is -0.841. The number of H-pyrrole nitrogens is 1. The van der Waals surface area contributed by atoms with Crippen molar-refractivity contribution in [1.82, 2.24) is 14.5 Å². The second-order valence-electron chi connectivity index (χ2n) is 4.77. The second-order valence-corrected chi connectivity index (χ2v) is 4.77. The third-order valence-electron chi connectivity index (χ3n) is 3.64. The molecule has 100 valence electrons. The summed E-state index contributed by atoms with van der Waals surface area (Å²) in [6, 6.07) is -0.0678. The number of likely N-dealkylation sites (N-methyl/N-ethyl adjacent to an activating group) is 1. The van der Waals surface area contributed by atoms with Gasteiger partial charge in [0.1, 0.15) is 0 Å². The van der Waals surface area contributed by atoms with E-state index in [0.29, 0.717) is 0 Å². The van der Waals surface area contributed by atoms with E-state index in [-0.39, 0.29) is 17.5 Å². The lowest BCUT2D eigenvalue weighted by molar-refractivity contribution is 0.173. The Balaban J connectivity index is 2.42. The molecule has 2 heterocycles. The molecule has 1 aromatic rings. The molecule has 1 fully saturated rings. The van der Waals surface area contributed by atoms with Gasteiger partial charge in [-0.3, -0.25) is 14.3 Å². The Labute approximate surface area is 105 Å². The van der Waals surface area contributed by atoms with E-state index in [1.54, 1.807) is 0 Å². The molecule has 1 aromatic heterocycles. The highest BCUT2D eigenvalue weighted by atomic mass is 16.3. The molecule has 1 aliphatic rings. The third kappa shape index (κ3) is 2.20. The van der Waals surface area contributed by atoms with Crippen molar-refractivity contribution < 1.29 is 5.11 Å². The van der Waals surface area contributed by atoms with E-state index in [0.717, 1.165) is 32.5 Å². The first kappa shape index (κ1) is 12.9. The fraction of sp³-hybridized carbons (Fsp3) is 0.667. The number of rotatable bonds is 2. The summed E-state index contributed by atoms with van der Waals surface area (Å²) in [5.74, 6) is -0.202. The molecule has 6 heteroatoms. The van der Waals surface area contributed by atoms with Gasteiger partial charge in [0.05, 0.1) is 11.6 Å². The number of piperidine rings is 1. The monoisotopic (exact) mass is 253 g/mol. The van der Waals surface area contributed by atoms with Crippen molar-refractivity contribution in [3.8, 4) is 5.88 Å². The van der Waals surface area contributed by atoms with Crippen molar-refractivity contribution in [3.63, 3.8) is 0 Å². The summed E-state index contributed by atoms with van der Waals surface area (Å²) in [6.45, 7) is 6.27. The van der Waals surface area contributed by atoms with Crippen LogP contribution in [0.5, 0.6) is 5.88 Å². The number of likely N-dealkylation sites (tertiary alicyclic amines) is 1. The Kier molecular flexibility index (Phi) is 3.56. The zero-order chi connectivity index (χ0) is 13.3. The van der Waals surface area contributed by atoms with Crippen LogP contribution in [0.15, 0.2) is 9.59 Å². The smallest absolute Gasteiger partial charge is 0.331 e. The summed E-state index contributed by atoms with van der Waals surface area (Å²) >= 11 is 0. The fourth-order valence-electron chi connectivity index (χ4n) is 2.50. The van der Waals surface area contributed by atoms with Crippen LogP contribution in [0.1, 0.15) is 31.4 Å². The molecule has 0 saturated carbocycles. The Morgan fingerprint density at radius 2 is 2.17 bits per heavy atom. The van der Waals surface area contributed by atoms with Gasteiger partial charge in [-0.15, -0.1) is 0 Å². The molecule has 0 aliphatic carbocycles. The van der Waals surface area contributed by atoms with E-state index in [9.17, 15) is 14.7 Å². The predicted octanol–water partition coefficient (Wildman–Crippen LogP) is 0.207. The molecule has 1 unspecified atom stereocenters. The minimum Gasteiger partial charge on any atom is -0.494 e. The average molecular weight is 253 g/mol. The van der Waals surface area contributed by atoms with E-state index in [4.69, 9.17) is 0 Å². The first-order valence-electron chi connectivity index (χ1n) is 6.31. The normalized spacial score (nSPS) is 21.1. The van der Waals surface area contributed by atoms with Crippen LogP contribution in [0, 0.1) is 6.92 Å². The highest BCUT2D eigenvalue weighted by molar-refractivity contribution is 5.21. The lowest BCUT2D eigenvalue weighted by atomic mass is 10.1. The van der Waals surface area contributed by atoms with E-state index in [1.165, 1.54) is 11.5 Å². The molecule has 1 atom stereocenters. The second kappa shape index (κ2) is 4.97. The van der Waals surface area contributed by atoms with E-state index >= 15 is 0 Å². The SMILES string of the molecule is CCN1CCCC(n2c(O)c(C)c(=O)[nH]c2=O)C1. The zero-order valence-electron chi connectivity index (χ0n) is 10.8. The van der Waals surface area contributed by atoms with Crippen molar-refractivity contribution in [2.24, 2.45) is 0 Å². The quantitative estimate of drug-likeness (QED) is 0.789. The molecule has 2 N–H and O–H groups in total. The van der Waals surface area contributed by atoms with E-state index in [1.807, 2.05) is 0 Å². The Bertz CT molecular complexity index is 546. The minimum atomic E-state index is -0.522. The Morgan fingerprint density at radius 1 is 1.44 bits per heavy atom. The molecule has 0 amide bonds. The summed E-state index contributed by atoms with van der Waals surface area (Å²) in [4.78, 5) is 27.7. The standard InChI is InChI=1S/C12H19N3O3/c1-3-14-6-4-5-9(7-14)15-11(17)8(2)10(16)13-12(15)18/h9,17H,3-7H2,1-2H3,(H,13,16,18). The van der Waals surface area contributed by atoms with Gasteiger partial charge in [-0.25, -0.2) is 4.79 Å². The molecule has 2 rings (SSSR count). The lowest BCUT2D eigenvalue weighted by Crippen LogP contribution is -2.42. The summed E-state index contributed by atoms with van der Waals surface area (Å²) in [6.07, 6.45) is 1.83. The van der Waals surface area contributed by atoms with Crippen LogP contribution in [-0.2, 0) is 0 Å². The van der Waals surface area contributed by atoms with Crippen LogP contribution in [-0.4, -0.2) is 39.2 Å². The van der Waals surface area contributed by atoms with E-state index in [2.05, 4.69) is 16.8 Å². The Hall–Kier alpha value is -1.56. The van der Waals surface area contributed by atoms with Gasteiger partial charge in [0, 0.05) is 6.54 Å². The van der Waals surface area contributed by atoms with Gasteiger partial charge in [-0.1, -0.05) is 6.92 Å². The lowest BCUT2D eigenvalue weighted by Gasteiger charge is -2.33. The van der Waals surface area contributed by atoms with Crippen molar-refractivity contribution in [2.75, 3.05) is 19.6 Å².